The number of carbonyl (C=O) groups is 3. The van der Waals surface area contributed by atoms with Crippen LogP contribution in [0.3, 0.4) is 0 Å². The number of rotatable bonds is 9. The number of nitrogens with one attached hydrogen (secondary N) is 3. The van der Waals surface area contributed by atoms with Gasteiger partial charge >= 0.3 is 0 Å². The van der Waals surface area contributed by atoms with E-state index in [2.05, 4.69) is 26.1 Å². The molecule has 3 N–H and O–H groups in total. The fourth-order valence-corrected chi connectivity index (χ4v) is 6.04. The Labute approximate surface area is 264 Å². The number of carbonyl (C=O) groups excluding carboxylic acids is 3. The lowest BCUT2D eigenvalue weighted by Gasteiger charge is -2.26. The molecule has 11 heteroatoms. The summed E-state index contributed by atoms with van der Waals surface area (Å²) in [6.07, 6.45) is 2.57. The molecular weight excluding hydrogens is 593 g/mol. The predicted molar refractivity (Wildman–Crippen MR) is 172 cm³/mol. The van der Waals surface area contributed by atoms with Crippen molar-refractivity contribution in [3.05, 3.63) is 116 Å². The van der Waals surface area contributed by atoms with E-state index in [1.807, 2.05) is 18.2 Å². The average Bonchev–Trinajstić information content (AvgIpc) is 3.57. The Morgan fingerprint density at radius 2 is 1.73 bits per heavy atom. The number of halogens is 1. The van der Waals surface area contributed by atoms with Gasteiger partial charge in [0.15, 0.2) is 5.78 Å². The van der Waals surface area contributed by atoms with Crippen molar-refractivity contribution in [1.29, 1.82) is 0 Å². The zero-order chi connectivity index (χ0) is 31.2. The molecule has 9 nitrogen and oxygen atoms in total. The number of benzene rings is 3. The second-order valence-corrected chi connectivity index (χ2v) is 11.8. The summed E-state index contributed by atoms with van der Waals surface area (Å²) in [5.41, 5.74) is 7.37. The van der Waals surface area contributed by atoms with E-state index in [4.69, 9.17) is 4.74 Å². The Balaban J connectivity index is 1.11. The Kier molecular flexibility index (Phi) is 9.39. The van der Waals surface area contributed by atoms with Crippen molar-refractivity contribution < 1.29 is 23.5 Å². The summed E-state index contributed by atoms with van der Waals surface area (Å²) in [7, 11) is 0. The maximum Gasteiger partial charge on any atom is 0.281 e. The molecule has 6 rings (SSSR count). The maximum atomic E-state index is 14.5. The number of ether oxygens (including phenoxy) is 1. The van der Waals surface area contributed by atoms with Crippen molar-refractivity contribution in [1.82, 2.24) is 15.6 Å². The standard InChI is InChI=1S/C34H32FN5O4S/c35-30-10-8-27(19-25(30)21-37-39-34(43)31-2-1-17-45-31)38-26-7-9-28-23(18-26)5-3-22-4-6-24(20-29(22)32(28)41)33(42)36-11-12-40-13-15-44-16-14-40/h1-2,4,6-10,17-21,38H,3,5,11-16H2,(H,36,42)(H,39,43)/b37-21+. The average molecular weight is 626 g/mol. The molecule has 1 aromatic heterocycles. The summed E-state index contributed by atoms with van der Waals surface area (Å²) in [5.74, 6) is -1.16. The Hall–Kier alpha value is -4.71. The van der Waals surface area contributed by atoms with Crippen LogP contribution in [0.5, 0.6) is 0 Å². The van der Waals surface area contributed by atoms with Crippen molar-refractivity contribution in [2.75, 3.05) is 44.7 Å². The first-order chi connectivity index (χ1) is 21.9. The van der Waals surface area contributed by atoms with E-state index >= 15 is 0 Å². The number of fused-ring (bicyclic) bond motifs is 2. The van der Waals surface area contributed by atoms with Gasteiger partial charge in [-0.3, -0.25) is 19.3 Å². The molecule has 0 radical (unpaired) electrons. The number of hydrogen-bond donors (Lipinski definition) is 3. The van der Waals surface area contributed by atoms with E-state index in [1.165, 1.54) is 23.6 Å². The highest BCUT2D eigenvalue weighted by Crippen LogP contribution is 2.29. The molecule has 230 valence electrons. The Morgan fingerprint density at radius 1 is 0.933 bits per heavy atom. The first kappa shape index (κ1) is 30.3. The third-order valence-corrected chi connectivity index (χ3v) is 8.72. The second-order valence-electron chi connectivity index (χ2n) is 10.8. The van der Waals surface area contributed by atoms with Crippen molar-refractivity contribution in [2.24, 2.45) is 5.10 Å². The van der Waals surface area contributed by atoms with E-state index < -0.39 is 5.82 Å². The molecule has 3 aromatic carbocycles. The van der Waals surface area contributed by atoms with Crippen LogP contribution in [0.4, 0.5) is 15.8 Å². The maximum absolute atomic E-state index is 14.5. The van der Waals surface area contributed by atoms with E-state index in [-0.39, 0.29) is 23.2 Å². The first-order valence-corrected chi connectivity index (χ1v) is 15.6. The van der Waals surface area contributed by atoms with Gasteiger partial charge in [-0.05, 0) is 83.9 Å². The van der Waals surface area contributed by atoms with Gasteiger partial charge in [-0.2, -0.15) is 5.10 Å². The van der Waals surface area contributed by atoms with Gasteiger partial charge in [0.2, 0.25) is 0 Å². The van der Waals surface area contributed by atoms with Crippen molar-refractivity contribution >= 4 is 46.5 Å². The molecule has 45 heavy (non-hydrogen) atoms. The van der Waals surface area contributed by atoms with Crippen LogP contribution in [0.25, 0.3) is 0 Å². The molecule has 2 amide bonds. The highest BCUT2D eigenvalue weighted by molar-refractivity contribution is 7.12. The van der Waals surface area contributed by atoms with Gasteiger partial charge in [-0.25, -0.2) is 9.82 Å². The highest BCUT2D eigenvalue weighted by Gasteiger charge is 2.23. The van der Waals surface area contributed by atoms with Crippen LogP contribution in [0, 0.1) is 5.82 Å². The number of aryl methyl sites for hydroxylation is 2. The molecule has 1 fully saturated rings. The van der Waals surface area contributed by atoms with Gasteiger partial charge in [0.1, 0.15) is 5.82 Å². The highest BCUT2D eigenvalue weighted by atomic mass is 32.1. The summed E-state index contributed by atoms with van der Waals surface area (Å²) in [6.45, 7) is 4.41. The molecule has 0 bridgehead atoms. The molecule has 1 aliphatic heterocycles. The smallest absolute Gasteiger partial charge is 0.281 e. The molecule has 2 aliphatic rings. The fraction of sp³-hybridized carbons (Fsp3) is 0.235. The minimum Gasteiger partial charge on any atom is -0.379 e. The third-order valence-electron chi connectivity index (χ3n) is 7.85. The van der Waals surface area contributed by atoms with Gasteiger partial charge in [0, 0.05) is 59.8 Å². The molecule has 1 saturated heterocycles. The lowest BCUT2D eigenvalue weighted by Crippen LogP contribution is -2.41. The van der Waals surface area contributed by atoms with Crippen molar-refractivity contribution in [3.63, 3.8) is 0 Å². The van der Waals surface area contributed by atoms with Crippen LogP contribution in [0.15, 0.2) is 77.2 Å². The molecule has 0 saturated carbocycles. The van der Waals surface area contributed by atoms with E-state index in [0.29, 0.717) is 59.9 Å². The van der Waals surface area contributed by atoms with E-state index in [1.54, 1.807) is 47.8 Å². The number of hydrazone groups is 1. The molecule has 0 spiro atoms. The summed E-state index contributed by atoms with van der Waals surface area (Å²) >= 11 is 1.29. The summed E-state index contributed by atoms with van der Waals surface area (Å²) in [6, 6.07) is 18.9. The van der Waals surface area contributed by atoms with Crippen LogP contribution >= 0.6 is 11.3 Å². The van der Waals surface area contributed by atoms with Gasteiger partial charge < -0.3 is 15.4 Å². The summed E-state index contributed by atoms with van der Waals surface area (Å²) in [5, 5.41) is 11.9. The first-order valence-electron chi connectivity index (χ1n) is 14.8. The van der Waals surface area contributed by atoms with Gasteiger partial charge in [-0.15, -0.1) is 11.3 Å². The largest absolute Gasteiger partial charge is 0.379 e. The molecule has 1 aliphatic carbocycles. The normalized spacial score (nSPS) is 14.8. The number of amides is 2. The number of nitrogens with zero attached hydrogens (tertiary/aromatic N) is 2. The lowest BCUT2D eigenvalue weighted by atomic mass is 9.96. The molecule has 0 atom stereocenters. The molecular formula is C34H32FN5O4S. The van der Waals surface area contributed by atoms with E-state index in [9.17, 15) is 18.8 Å². The van der Waals surface area contributed by atoms with Crippen LogP contribution in [-0.4, -0.2) is 68.1 Å². The summed E-state index contributed by atoms with van der Waals surface area (Å²) < 4.78 is 19.8. The number of anilines is 2. The predicted octanol–water partition coefficient (Wildman–Crippen LogP) is 4.79. The topological polar surface area (TPSA) is 112 Å². The number of morpholine rings is 1. The zero-order valence-corrected chi connectivity index (χ0v) is 25.3. The fourth-order valence-electron chi connectivity index (χ4n) is 5.43. The minimum absolute atomic E-state index is 0.114. The van der Waals surface area contributed by atoms with Crippen LogP contribution in [-0.2, 0) is 17.6 Å². The molecule has 2 heterocycles. The van der Waals surface area contributed by atoms with Gasteiger partial charge in [-0.1, -0.05) is 12.1 Å². The van der Waals surface area contributed by atoms with Crippen LogP contribution < -0.4 is 16.1 Å². The monoisotopic (exact) mass is 625 g/mol. The Morgan fingerprint density at radius 3 is 2.56 bits per heavy atom. The second kappa shape index (κ2) is 13.9. The van der Waals surface area contributed by atoms with Crippen molar-refractivity contribution in [2.45, 2.75) is 12.8 Å². The van der Waals surface area contributed by atoms with Gasteiger partial charge in [0.05, 0.1) is 24.3 Å². The quantitative estimate of drug-likeness (QED) is 0.182. The molecule has 0 unspecified atom stereocenters. The summed E-state index contributed by atoms with van der Waals surface area (Å²) in [4.78, 5) is 41.4. The number of thiophene rings is 1. The molecule has 4 aromatic rings. The van der Waals surface area contributed by atoms with E-state index in [0.717, 1.165) is 36.4 Å². The minimum atomic E-state index is -0.481. The Bertz CT molecular complexity index is 1750. The lowest BCUT2D eigenvalue weighted by molar-refractivity contribution is 0.0383. The SMILES string of the molecule is O=C(NCCN1CCOCC1)c1ccc2c(c1)C(=O)c1ccc(Nc3ccc(F)c(/C=N/NC(=O)c4cccs4)c3)cc1CC2. The van der Waals surface area contributed by atoms with Gasteiger partial charge in [0.25, 0.3) is 11.8 Å². The van der Waals surface area contributed by atoms with Crippen LogP contribution in [0.2, 0.25) is 0 Å². The van der Waals surface area contributed by atoms with Crippen molar-refractivity contribution in [3.8, 4) is 0 Å². The number of ketones is 1. The number of hydrogen-bond acceptors (Lipinski definition) is 8. The van der Waals surface area contributed by atoms with Crippen LogP contribution in [0.1, 0.15) is 52.6 Å². The zero-order valence-electron chi connectivity index (χ0n) is 24.5. The third kappa shape index (κ3) is 7.34.